The molecular weight excluding hydrogens is 500 g/mol. The molecular formula is C37H22N4. The van der Waals surface area contributed by atoms with E-state index in [2.05, 4.69) is 118 Å². The number of pyridine rings is 2. The molecule has 0 aliphatic heterocycles. The van der Waals surface area contributed by atoms with Crippen molar-refractivity contribution >= 4 is 60.3 Å². The second kappa shape index (κ2) is 7.58. The maximum absolute atomic E-state index is 5.22. The van der Waals surface area contributed by atoms with Crippen molar-refractivity contribution in [3.63, 3.8) is 0 Å². The van der Waals surface area contributed by atoms with Gasteiger partial charge in [0.2, 0.25) is 0 Å². The lowest BCUT2D eigenvalue weighted by Gasteiger charge is -2.12. The van der Waals surface area contributed by atoms with Gasteiger partial charge in [0.1, 0.15) is 5.65 Å². The zero-order valence-electron chi connectivity index (χ0n) is 22.0. The van der Waals surface area contributed by atoms with E-state index >= 15 is 0 Å². The quantitative estimate of drug-likeness (QED) is 0.202. The molecule has 0 atom stereocenters. The molecule has 0 spiro atoms. The molecule has 4 nitrogen and oxygen atoms in total. The number of benzene rings is 5. The smallest absolute Gasteiger partial charge is 0.146 e. The standard InChI is InChI=1S/C37H22N4/c1-2-9-23(10-3-1)40-29-13-6-4-11-25(29)35-31(40)19-16-22-21-27-24(33(22)35)17-18-26-34(27)37-39-28-12-5-7-14-30(28)41(37)32-15-8-20-38-36(26)32/h1-20H,21H2. The first kappa shape index (κ1) is 21.4. The summed E-state index contributed by atoms with van der Waals surface area (Å²) >= 11 is 0. The van der Waals surface area contributed by atoms with Gasteiger partial charge in [-0.05, 0) is 77.2 Å². The van der Waals surface area contributed by atoms with Gasteiger partial charge in [-0.3, -0.25) is 9.38 Å². The van der Waals surface area contributed by atoms with E-state index in [0.717, 1.165) is 39.5 Å². The zero-order valence-corrected chi connectivity index (χ0v) is 22.0. The molecule has 1 aliphatic rings. The van der Waals surface area contributed by atoms with E-state index < -0.39 is 0 Å². The molecule has 4 heterocycles. The summed E-state index contributed by atoms with van der Waals surface area (Å²) < 4.78 is 4.71. The third-order valence-electron chi connectivity index (χ3n) is 8.96. The van der Waals surface area contributed by atoms with Gasteiger partial charge in [-0.15, -0.1) is 0 Å². The van der Waals surface area contributed by atoms with Crippen LogP contribution >= 0.6 is 0 Å². The molecule has 190 valence electrons. The van der Waals surface area contributed by atoms with Crippen LogP contribution in [0.5, 0.6) is 0 Å². The molecule has 0 unspecified atom stereocenters. The van der Waals surface area contributed by atoms with Gasteiger partial charge in [-0.2, -0.15) is 0 Å². The Morgan fingerprint density at radius 2 is 1.39 bits per heavy atom. The fraction of sp³-hybridized carbons (Fsp3) is 0.0270. The second-order valence-corrected chi connectivity index (χ2v) is 11.0. The lowest BCUT2D eigenvalue weighted by Crippen LogP contribution is -1.96. The molecule has 4 aromatic heterocycles. The fourth-order valence-corrected chi connectivity index (χ4v) is 7.34. The molecule has 0 bridgehead atoms. The lowest BCUT2D eigenvalue weighted by atomic mass is 9.96. The van der Waals surface area contributed by atoms with Crippen LogP contribution in [-0.4, -0.2) is 18.9 Å². The highest BCUT2D eigenvalue weighted by Crippen LogP contribution is 2.49. The van der Waals surface area contributed by atoms with Crippen LogP contribution in [0.4, 0.5) is 0 Å². The van der Waals surface area contributed by atoms with Crippen LogP contribution in [-0.2, 0) is 6.42 Å². The number of aromatic nitrogens is 4. The van der Waals surface area contributed by atoms with Crippen molar-refractivity contribution in [2.75, 3.05) is 0 Å². The Kier molecular flexibility index (Phi) is 3.95. The summed E-state index contributed by atoms with van der Waals surface area (Å²) in [5.74, 6) is 0. The van der Waals surface area contributed by atoms with Gasteiger partial charge in [-0.1, -0.05) is 66.7 Å². The van der Waals surface area contributed by atoms with Gasteiger partial charge in [0, 0.05) is 33.4 Å². The Balaban J connectivity index is 1.38. The van der Waals surface area contributed by atoms with Crippen molar-refractivity contribution < 1.29 is 0 Å². The molecule has 0 amide bonds. The highest BCUT2D eigenvalue weighted by atomic mass is 15.0. The van der Waals surface area contributed by atoms with Crippen LogP contribution < -0.4 is 0 Å². The number of hydrogen-bond acceptors (Lipinski definition) is 2. The lowest BCUT2D eigenvalue weighted by molar-refractivity contribution is 1.18. The molecule has 4 heteroatoms. The number of imidazole rings is 1. The number of nitrogens with zero attached hydrogens (tertiary/aromatic N) is 4. The molecule has 5 aromatic carbocycles. The first-order chi connectivity index (χ1) is 20.4. The van der Waals surface area contributed by atoms with E-state index in [1.165, 1.54) is 55.1 Å². The highest BCUT2D eigenvalue weighted by Gasteiger charge is 2.28. The summed E-state index contributed by atoms with van der Waals surface area (Å²) in [5, 5.41) is 4.98. The summed E-state index contributed by atoms with van der Waals surface area (Å²) in [5.41, 5.74) is 14.2. The normalized spacial score (nSPS) is 12.8. The summed E-state index contributed by atoms with van der Waals surface area (Å²) in [4.78, 5) is 10.1. The molecule has 0 saturated carbocycles. The largest absolute Gasteiger partial charge is 0.309 e. The van der Waals surface area contributed by atoms with Crippen LogP contribution in [0.3, 0.4) is 0 Å². The predicted octanol–water partition coefficient (Wildman–Crippen LogP) is 8.86. The monoisotopic (exact) mass is 522 g/mol. The highest BCUT2D eigenvalue weighted by molar-refractivity contribution is 6.21. The summed E-state index contributed by atoms with van der Waals surface area (Å²) in [7, 11) is 0. The summed E-state index contributed by atoms with van der Waals surface area (Å²) in [6.45, 7) is 0. The maximum atomic E-state index is 5.22. The average Bonchev–Trinajstić information content (AvgIpc) is 3.71. The first-order valence-corrected chi connectivity index (χ1v) is 14.1. The van der Waals surface area contributed by atoms with Crippen molar-refractivity contribution in [3.8, 4) is 16.8 Å². The fourth-order valence-electron chi connectivity index (χ4n) is 7.34. The molecule has 0 saturated heterocycles. The summed E-state index contributed by atoms with van der Waals surface area (Å²) in [6, 6.07) is 41.3. The van der Waals surface area contributed by atoms with Crippen LogP contribution in [0.1, 0.15) is 11.1 Å². The van der Waals surface area contributed by atoms with Gasteiger partial charge in [0.15, 0.2) is 0 Å². The van der Waals surface area contributed by atoms with E-state index in [4.69, 9.17) is 9.97 Å². The van der Waals surface area contributed by atoms with Crippen molar-refractivity contribution in [1.82, 2.24) is 18.9 Å². The molecule has 9 aromatic rings. The van der Waals surface area contributed by atoms with E-state index in [0.29, 0.717) is 0 Å². The van der Waals surface area contributed by atoms with E-state index in [1.807, 2.05) is 12.3 Å². The Labute approximate surface area is 234 Å². The number of hydrogen-bond donors (Lipinski definition) is 0. The second-order valence-electron chi connectivity index (χ2n) is 11.0. The molecule has 41 heavy (non-hydrogen) atoms. The van der Waals surface area contributed by atoms with Crippen LogP contribution in [0.15, 0.2) is 121 Å². The Bertz CT molecular complexity index is 2550. The SMILES string of the molecule is c1ccc(-n2c3ccccc3c3c4c(ccc32)Cc2c-4ccc3c4ncccc4n4c5ccccc5nc4c23)cc1. The minimum absolute atomic E-state index is 0.875. The third kappa shape index (κ3) is 2.64. The summed E-state index contributed by atoms with van der Waals surface area (Å²) in [6.07, 6.45) is 2.77. The number of fused-ring (bicyclic) bond motifs is 16. The molecule has 1 aliphatic carbocycles. The van der Waals surface area contributed by atoms with Crippen LogP contribution in [0, 0.1) is 0 Å². The van der Waals surface area contributed by atoms with Crippen molar-refractivity contribution in [2.45, 2.75) is 6.42 Å². The van der Waals surface area contributed by atoms with Crippen molar-refractivity contribution in [2.24, 2.45) is 0 Å². The van der Waals surface area contributed by atoms with Crippen molar-refractivity contribution in [1.29, 1.82) is 0 Å². The Morgan fingerprint density at radius 3 is 2.32 bits per heavy atom. The topological polar surface area (TPSA) is 35.1 Å². The molecule has 10 rings (SSSR count). The van der Waals surface area contributed by atoms with Crippen LogP contribution in [0.2, 0.25) is 0 Å². The third-order valence-corrected chi connectivity index (χ3v) is 8.96. The van der Waals surface area contributed by atoms with Gasteiger partial charge < -0.3 is 4.57 Å². The van der Waals surface area contributed by atoms with Crippen LogP contribution in [0.25, 0.3) is 77.1 Å². The van der Waals surface area contributed by atoms with E-state index in [1.54, 1.807) is 0 Å². The van der Waals surface area contributed by atoms with Gasteiger partial charge in [0.05, 0.1) is 33.1 Å². The maximum Gasteiger partial charge on any atom is 0.146 e. The Morgan fingerprint density at radius 1 is 0.585 bits per heavy atom. The minimum Gasteiger partial charge on any atom is -0.309 e. The van der Waals surface area contributed by atoms with Gasteiger partial charge >= 0.3 is 0 Å². The predicted molar refractivity (Wildman–Crippen MR) is 168 cm³/mol. The first-order valence-electron chi connectivity index (χ1n) is 14.1. The van der Waals surface area contributed by atoms with E-state index in [-0.39, 0.29) is 0 Å². The zero-order chi connectivity index (χ0) is 26.7. The Hall–Kier alpha value is -5.48. The minimum atomic E-state index is 0.875. The average molecular weight is 523 g/mol. The molecule has 0 fully saturated rings. The number of para-hydroxylation sites is 4. The molecule has 0 radical (unpaired) electrons. The van der Waals surface area contributed by atoms with Gasteiger partial charge in [-0.25, -0.2) is 4.98 Å². The number of rotatable bonds is 1. The molecule has 0 N–H and O–H groups in total. The van der Waals surface area contributed by atoms with E-state index in [9.17, 15) is 0 Å². The van der Waals surface area contributed by atoms with Crippen molar-refractivity contribution in [3.05, 3.63) is 133 Å². The van der Waals surface area contributed by atoms with Gasteiger partial charge in [0.25, 0.3) is 0 Å².